The minimum Gasteiger partial charge on any atom is -0.496 e. The number of thiazole rings is 1. The van der Waals surface area contributed by atoms with Crippen LogP contribution in [0, 0.1) is 0 Å². The maximum absolute atomic E-state index is 11.7. The Kier molecular flexibility index (Phi) is 4.04. The minimum atomic E-state index is -1.03. The molecule has 27 heavy (non-hydrogen) atoms. The third-order valence-electron chi connectivity index (χ3n) is 4.32. The predicted molar refractivity (Wildman–Crippen MR) is 103 cm³/mol. The van der Waals surface area contributed by atoms with E-state index >= 15 is 0 Å². The fourth-order valence-corrected chi connectivity index (χ4v) is 3.97. The number of methoxy groups -OCH3 is 1. The standard InChI is InChI=1S/C19H15N3O4S/c1-20-17(23)11-5-3-10(4-6-11)13-9-22-14-8-15(26-2)12(18(24)25)7-16(14)27-19(22)21-13/h3-9H,1-2H3,(H,20,23)(H,24,25). The summed E-state index contributed by atoms with van der Waals surface area (Å²) < 4.78 is 7.95. The Labute approximate surface area is 157 Å². The van der Waals surface area contributed by atoms with Gasteiger partial charge in [0.1, 0.15) is 11.3 Å². The third kappa shape index (κ3) is 2.80. The second-order valence-corrected chi connectivity index (χ2v) is 6.87. The molecular formula is C19H15N3O4S. The summed E-state index contributed by atoms with van der Waals surface area (Å²) in [5.74, 6) is -0.865. The van der Waals surface area contributed by atoms with Gasteiger partial charge in [-0.1, -0.05) is 23.5 Å². The topological polar surface area (TPSA) is 92.9 Å². The number of amides is 1. The molecule has 2 heterocycles. The van der Waals surface area contributed by atoms with E-state index in [1.165, 1.54) is 18.4 Å². The molecule has 2 aromatic carbocycles. The van der Waals surface area contributed by atoms with Crippen molar-refractivity contribution in [3.63, 3.8) is 0 Å². The van der Waals surface area contributed by atoms with Crippen LogP contribution in [0.5, 0.6) is 5.75 Å². The van der Waals surface area contributed by atoms with Gasteiger partial charge < -0.3 is 15.2 Å². The molecule has 2 N–H and O–H groups in total. The van der Waals surface area contributed by atoms with Crippen LogP contribution in [-0.2, 0) is 0 Å². The zero-order valence-electron chi connectivity index (χ0n) is 14.5. The fourth-order valence-electron chi connectivity index (χ4n) is 2.94. The number of hydrogen-bond acceptors (Lipinski definition) is 5. The van der Waals surface area contributed by atoms with Gasteiger partial charge >= 0.3 is 5.97 Å². The van der Waals surface area contributed by atoms with Crippen LogP contribution in [0.1, 0.15) is 20.7 Å². The van der Waals surface area contributed by atoms with Crippen LogP contribution in [0.25, 0.3) is 26.4 Å². The van der Waals surface area contributed by atoms with Crippen LogP contribution >= 0.6 is 11.3 Å². The molecule has 0 bridgehead atoms. The Morgan fingerprint density at radius 2 is 1.96 bits per heavy atom. The molecule has 0 unspecified atom stereocenters. The van der Waals surface area contributed by atoms with E-state index in [9.17, 15) is 14.7 Å². The van der Waals surface area contributed by atoms with Crippen molar-refractivity contribution in [2.75, 3.05) is 14.2 Å². The molecule has 0 spiro atoms. The Morgan fingerprint density at radius 1 is 1.22 bits per heavy atom. The largest absolute Gasteiger partial charge is 0.496 e. The molecule has 136 valence electrons. The summed E-state index contributed by atoms with van der Waals surface area (Å²) in [4.78, 5) is 28.4. The number of imidazole rings is 1. The number of rotatable bonds is 4. The number of fused-ring (bicyclic) bond motifs is 3. The quantitative estimate of drug-likeness (QED) is 0.566. The molecule has 7 nitrogen and oxygen atoms in total. The van der Waals surface area contributed by atoms with Crippen molar-refractivity contribution in [2.45, 2.75) is 0 Å². The van der Waals surface area contributed by atoms with Crippen LogP contribution in [-0.4, -0.2) is 40.5 Å². The second kappa shape index (κ2) is 6.40. The van der Waals surface area contributed by atoms with Crippen LogP contribution in [0.15, 0.2) is 42.6 Å². The average Bonchev–Trinajstić information content (AvgIpc) is 3.24. The molecule has 4 aromatic rings. The Hall–Kier alpha value is -3.39. The highest BCUT2D eigenvalue weighted by molar-refractivity contribution is 7.23. The lowest BCUT2D eigenvalue weighted by Crippen LogP contribution is -2.17. The first-order chi connectivity index (χ1) is 13.0. The van der Waals surface area contributed by atoms with Crippen molar-refractivity contribution in [3.05, 3.63) is 53.7 Å². The zero-order chi connectivity index (χ0) is 19.1. The molecule has 8 heteroatoms. The van der Waals surface area contributed by atoms with Crippen LogP contribution < -0.4 is 10.1 Å². The van der Waals surface area contributed by atoms with Gasteiger partial charge in [-0.2, -0.15) is 0 Å². The Bertz CT molecular complexity index is 1190. The van der Waals surface area contributed by atoms with Crippen molar-refractivity contribution < 1.29 is 19.4 Å². The maximum atomic E-state index is 11.7. The fraction of sp³-hybridized carbons (Fsp3) is 0.105. The van der Waals surface area contributed by atoms with E-state index in [0.717, 1.165) is 26.4 Å². The summed E-state index contributed by atoms with van der Waals surface area (Å²) in [7, 11) is 3.04. The van der Waals surface area contributed by atoms with E-state index in [4.69, 9.17) is 4.74 Å². The maximum Gasteiger partial charge on any atom is 0.339 e. The van der Waals surface area contributed by atoms with Gasteiger partial charge in [0.2, 0.25) is 0 Å². The van der Waals surface area contributed by atoms with Crippen LogP contribution in [0.2, 0.25) is 0 Å². The number of ether oxygens (including phenoxy) is 1. The molecule has 0 radical (unpaired) electrons. The van der Waals surface area contributed by atoms with Crippen molar-refractivity contribution in [1.82, 2.24) is 14.7 Å². The molecule has 0 saturated carbocycles. The molecule has 0 aliphatic rings. The summed E-state index contributed by atoms with van der Waals surface area (Å²) >= 11 is 1.41. The highest BCUT2D eigenvalue weighted by atomic mass is 32.1. The van der Waals surface area contributed by atoms with E-state index in [1.807, 2.05) is 22.7 Å². The van der Waals surface area contributed by atoms with Gasteiger partial charge in [-0.25, -0.2) is 9.78 Å². The number of nitrogens with one attached hydrogen (secondary N) is 1. The molecule has 0 aliphatic carbocycles. The van der Waals surface area contributed by atoms with Gasteiger partial charge in [0.15, 0.2) is 4.96 Å². The van der Waals surface area contributed by atoms with Crippen molar-refractivity contribution in [2.24, 2.45) is 0 Å². The van der Waals surface area contributed by atoms with Gasteiger partial charge in [-0.15, -0.1) is 0 Å². The monoisotopic (exact) mass is 381 g/mol. The Morgan fingerprint density at radius 3 is 2.59 bits per heavy atom. The minimum absolute atomic E-state index is 0.125. The molecule has 4 rings (SSSR count). The number of carbonyl (C=O) groups excluding carboxylic acids is 1. The second-order valence-electron chi connectivity index (χ2n) is 5.86. The summed E-state index contributed by atoms with van der Waals surface area (Å²) in [5.41, 5.74) is 3.20. The molecule has 0 fully saturated rings. The lowest BCUT2D eigenvalue weighted by Gasteiger charge is -2.04. The molecule has 0 saturated heterocycles. The van der Waals surface area contributed by atoms with Crippen LogP contribution in [0.4, 0.5) is 0 Å². The summed E-state index contributed by atoms with van der Waals surface area (Å²) in [6.45, 7) is 0. The van der Waals surface area contributed by atoms with Gasteiger partial charge in [-0.05, 0) is 18.2 Å². The predicted octanol–water partition coefficient (Wildman–Crippen LogP) is 3.28. The third-order valence-corrected chi connectivity index (χ3v) is 5.33. The lowest BCUT2D eigenvalue weighted by atomic mass is 10.1. The number of aromatic nitrogens is 2. The molecule has 0 aliphatic heterocycles. The summed E-state index contributed by atoms with van der Waals surface area (Å²) in [6.07, 6.45) is 1.89. The van der Waals surface area contributed by atoms with Gasteiger partial charge in [0, 0.05) is 30.4 Å². The average molecular weight is 381 g/mol. The normalized spacial score (nSPS) is 11.0. The lowest BCUT2D eigenvalue weighted by molar-refractivity contribution is 0.0693. The molecule has 0 atom stereocenters. The van der Waals surface area contributed by atoms with Crippen molar-refractivity contribution in [1.29, 1.82) is 0 Å². The first-order valence-corrected chi connectivity index (χ1v) is 8.89. The zero-order valence-corrected chi connectivity index (χ0v) is 15.3. The van der Waals surface area contributed by atoms with E-state index in [-0.39, 0.29) is 11.5 Å². The molecule has 2 aromatic heterocycles. The first kappa shape index (κ1) is 17.0. The molecule has 1 amide bonds. The highest BCUT2D eigenvalue weighted by Gasteiger charge is 2.17. The number of benzene rings is 2. The number of nitrogens with zero attached hydrogens (tertiary/aromatic N) is 2. The van der Waals surface area contributed by atoms with Crippen molar-refractivity contribution in [3.8, 4) is 17.0 Å². The highest BCUT2D eigenvalue weighted by Crippen LogP contribution is 2.34. The van der Waals surface area contributed by atoms with Gasteiger partial charge in [0.25, 0.3) is 5.91 Å². The Balaban J connectivity index is 1.81. The van der Waals surface area contributed by atoms with E-state index in [0.29, 0.717) is 11.3 Å². The number of carbonyl (C=O) groups is 2. The van der Waals surface area contributed by atoms with E-state index < -0.39 is 5.97 Å². The van der Waals surface area contributed by atoms with Gasteiger partial charge in [-0.3, -0.25) is 9.20 Å². The van der Waals surface area contributed by atoms with Gasteiger partial charge in [0.05, 0.1) is 23.0 Å². The van der Waals surface area contributed by atoms with E-state index in [1.54, 1.807) is 31.3 Å². The van der Waals surface area contributed by atoms with Crippen LogP contribution in [0.3, 0.4) is 0 Å². The molecular weight excluding hydrogens is 366 g/mol. The summed E-state index contributed by atoms with van der Waals surface area (Å²) in [5, 5.41) is 11.9. The number of aromatic carboxylic acids is 1. The number of carboxylic acids is 1. The smallest absolute Gasteiger partial charge is 0.339 e. The SMILES string of the molecule is CNC(=O)c1ccc(-c2cn3c(n2)sc2cc(C(=O)O)c(OC)cc23)cc1. The number of carboxylic acid groups (broad SMARTS) is 1. The summed E-state index contributed by atoms with van der Waals surface area (Å²) in [6, 6.07) is 10.5. The first-order valence-electron chi connectivity index (χ1n) is 8.07. The van der Waals surface area contributed by atoms with E-state index in [2.05, 4.69) is 10.3 Å². The van der Waals surface area contributed by atoms with Crippen molar-refractivity contribution >= 4 is 38.4 Å². The number of hydrogen-bond donors (Lipinski definition) is 2.